The van der Waals surface area contributed by atoms with Crippen LogP contribution in [0.15, 0.2) is 48.6 Å². The van der Waals surface area contributed by atoms with Gasteiger partial charge in [0.05, 0.1) is 11.1 Å². The minimum Gasteiger partial charge on any atom is -0.423 e. The van der Waals surface area contributed by atoms with E-state index >= 15 is 0 Å². The Hall–Kier alpha value is -2.72. The second-order valence-corrected chi connectivity index (χ2v) is 6.32. The van der Waals surface area contributed by atoms with E-state index in [0.29, 0.717) is 24.3 Å². The number of hydrogen-bond donors (Lipinski definition) is 0. The third kappa shape index (κ3) is 6.39. The SMILES string of the molecule is O=C(/C=C/C(=O)Oc1ccc(Cl)cc1C(F)(F)F)Oc1ccc(Cl)cc1C(F)(F)F. The Balaban J connectivity index is 2.13. The fourth-order valence-corrected chi connectivity index (χ4v) is 2.39. The van der Waals surface area contributed by atoms with Crippen molar-refractivity contribution in [2.24, 2.45) is 0 Å². The molecule has 0 atom stereocenters. The average Bonchev–Trinajstić information content (AvgIpc) is 2.61. The minimum atomic E-state index is -4.88. The Morgan fingerprint density at radius 3 is 1.33 bits per heavy atom. The molecule has 0 radical (unpaired) electrons. The summed E-state index contributed by atoms with van der Waals surface area (Å²) in [7, 11) is 0. The van der Waals surface area contributed by atoms with Gasteiger partial charge in [-0.1, -0.05) is 23.2 Å². The molecule has 0 aliphatic carbocycles. The van der Waals surface area contributed by atoms with Crippen molar-refractivity contribution in [1.82, 2.24) is 0 Å². The van der Waals surface area contributed by atoms with E-state index in [4.69, 9.17) is 23.2 Å². The molecule has 0 amide bonds. The van der Waals surface area contributed by atoms with E-state index in [-0.39, 0.29) is 10.0 Å². The summed E-state index contributed by atoms with van der Waals surface area (Å²) in [4.78, 5) is 23.4. The molecule has 160 valence electrons. The molecule has 2 aromatic rings. The third-order valence-electron chi connectivity index (χ3n) is 3.27. The fraction of sp³-hybridized carbons (Fsp3) is 0.111. The molecular formula is C18H8Cl2F6O4. The molecule has 0 bridgehead atoms. The first-order valence-corrected chi connectivity index (χ1v) is 8.38. The van der Waals surface area contributed by atoms with Gasteiger partial charge in [0.15, 0.2) is 0 Å². The predicted molar refractivity (Wildman–Crippen MR) is 93.3 cm³/mol. The Kier molecular flexibility index (Phi) is 7.04. The van der Waals surface area contributed by atoms with Crippen LogP contribution in [0, 0.1) is 0 Å². The minimum absolute atomic E-state index is 0.260. The Bertz CT molecular complexity index is 920. The number of rotatable bonds is 4. The zero-order chi connectivity index (χ0) is 22.7. The number of halogens is 8. The maximum Gasteiger partial charge on any atom is 0.420 e. The van der Waals surface area contributed by atoms with Crippen LogP contribution in [0.25, 0.3) is 0 Å². The van der Waals surface area contributed by atoms with Gasteiger partial charge in [0, 0.05) is 22.2 Å². The number of benzene rings is 2. The maximum atomic E-state index is 13.0. The lowest BCUT2D eigenvalue weighted by atomic mass is 10.2. The summed E-state index contributed by atoms with van der Waals surface area (Å²) in [5.41, 5.74) is -2.68. The normalized spacial score (nSPS) is 12.1. The fourth-order valence-electron chi connectivity index (χ4n) is 2.05. The van der Waals surface area contributed by atoms with Gasteiger partial charge in [-0.15, -0.1) is 0 Å². The predicted octanol–water partition coefficient (Wildman–Crippen LogP) is 6.10. The van der Waals surface area contributed by atoms with Crippen molar-refractivity contribution in [3.05, 3.63) is 69.7 Å². The molecule has 0 aliphatic rings. The number of carbonyl (C=O) groups excluding carboxylic acids is 2. The molecule has 4 nitrogen and oxygen atoms in total. The largest absolute Gasteiger partial charge is 0.423 e. The second-order valence-electron chi connectivity index (χ2n) is 5.45. The van der Waals surface area contributed by atoms with Crippen LogP contribution in [0.2, 0.25) is 10.0 Å². The van der Waals surface area contributed by atoms with Gasteiger partial charge in [0.25, 0.3) is 0 Å². The zero-order valence-electron chi connectivity index (χ0n) is 14.3. The lowest BCUT2D eigenvalue weighted by Crippen LogP contribution is -2.14. The molecule has 2 rings (SSSR count). The summed E-state index contributed by atoms with van der Waals surface area (Å²) in [5.74, 6) is -4.59. The van der Waals surface area contributed by atoms with Gasteiger partial charge < -0.3 is 9.47 Å². The van der Waals surface area contributed by atoms with Crippen LogP contribution in [0.1, 0.15) is 11.1 Å². The molecule has 0 unspecified atom stereocenters. The van der Waals surface area contributed by atoms with Gasteiger partial charge in [-0.3, -0.25) is 0 Å². The summed E-state index contributed by atoms with van der Waals surface area (Å²) in [6, 6.07) is 4.72. The molecule has 0 aliphatic heterocycles. The van der Waals surface area contributed by atoms with Crippen LogP contribution in [0.5, 0.6) is 11.5 Å². The van der Waals surface area contributed by atoms with Crippen molar-refractivity contribution >= 4 is 35.1 Å². The number of esters is 2. The van der Waals surface area contributed by atoms with Gasteiger partial charge in [-0.05, 0) is 36.4 Å². The smallest absolute Gasteiger partial charge is 0.420 e. The van der Waals surface area contributed by atoms with Crippen molar-refractivity contribution < 1.29 is 45.4 Å². The first kappa shape index (κ1) is 23.6. The van der Waals surface area contributed by atoms with Gasteiger partial charge in [-0.25, -0.2) is 9.59 Å². The molecule has 0 N–H and O–H groups in total. The van der Waals surface area contributed by atoms with E-state index in [0.717, 1.165) is 24.3 Å². The highest BCUT2D eigenvalue weighted by atomic mass is 35.5. The topological polar surface area (TPSA) is 52.6 Å². The van der Waals surface area contributed by atoms with Gasteiger partial charge in [0.2, 0.25) is 0 Å². The van der Waals surface area contributed by atoms with E-state index < -0.39 is 46.9 Å². The third-order valence-corrected chi connectivity index (χ3v) is 3.74. The Labute approximate surface area is 174 Å². The van der Waals surface area contributed by atoms with E-state index in [9.17, 15) is 35.9 Å². The van der Waals surface area contributed by atoms with E-state index in [2.05, 4.69) is 9.47 Å². The quantitative estimate of drug-likeness (QED) is 0.233. The summed E-state index contributed by atoms with van der Waals surface area (Å²) >= 11 is 11.0. The van der Waals surface area contributed by atoms with Crippen molar-refractivity contribution in [2.45, 2.75) is 12.4 Å². The first-order valence-electron chi connectivity index (χ1n) is 7.62. The lowest BCUT2D eigenvalue weighted by Gasteiger charge is -2.12. The standard InChI is InChI=1S/C18H8Cl2F6O4/c19-9-1-3-13(11(7-9)17(21,22)23)29-15(27)5-6-16(28)30-14-4-2-10(20)8-12(14)18(24,25)26/h1-8H/b6-5+. The van der Waals surface area contributed by atoms with Crippen LogP contribution in [0.4, 0.5) is 26.3 Å². The average molecular weight is 473 g/mol. The summed E-state index contributed by atoms with van der Waals surface area (Å²) < 4.78 is 86.7. The monoisotopic (exact) mass is 472 g/mol. The molecule has 30 heavy (non-hydrogen) atoms. The van der Waals surface area contributed by atoms with E-state index in [1.165, 1.54) is 0 Å². The van der Waals surface area contributed by atoms with Gasteiger partial charge in [0.1, 0.15) is 11.5 Å². The molecule has 0 saturated heterocycles. The van der Waals surface area contributed by atoms with Crippen LogP contribution in [0.3, 0.4) is 0 Å². The first-order chi connectivity index (χ1) is 13.8. The van der Waals surface area contributed by atoms with Crippen LogP contribution in [-0.2, 0) is 21.9 Å². The van der Waals surface area contributed by atoms with Gasteiger partial charge >= 0.3 is 24.3 Å². The molecule has 12 heteroatoms. The zero-order valence-corrected chi connectivity index (χ0v) is 15.8. The van der Waals surface area contributed by atoms with Crippen LogP contribution >= 0.6 is 23.2 Å². The second kappa shape index (κ2) is 8.97. The number of carbonyl (C=O) groups is 2. The molecule has 0 heterocycles. The summed E-state index contributed by atoms with van der Waals surface area (Å²) in [6.45, 7) is 0. The summed E-state index contributed by atoms with van der Waals surface area (Å²) in [5, 5.41) is -0.519. The van der Waals surface area contributed by atoms with Gasteiger partial charge in [-0.2, -0.15) is 26.3 Å². The maximum absolute atomic E-state index is 13.0. The molecule has 0 spiro atoms. The Morgan fingerprint density at radius 1 is 0.700 bits per heavy atom. The summed E-state index contributed by atoms with van der Waals surface area (Å²) in [6.07, 6.45) is -8.99. The number of alkyl halides is 6. The highest BCUT2D eigenvalue weighted by Gasteiger charge is 2.36. The Morgan fingerprint density at radius 2 is 1.03 bits per heavy atom. The molecular weight excluding hydrogens is 465 g/mol. The van der Waals surface area contributed by atoms with Crippen molar-refractivity contribution in [2.75, 3.05) is 0 Å². The highest BCUT2D eigenvalue weighted by Crippen LogP contribution is 2.39. The lowest BCUT2D eigenvalue weighted by molar-refractivity contribution is -0.142. The molecule has 2 aromatic carbocycles. The number of hydrogen-bond acceptors (Lipinski definition) is 4. The highest BCUT2D eigenvalue weighted by molar-refractivity contribution is 6.31. The van der Waals surface area contributed by atoms with Crippen molar-refractivity contribution in [3.63, 3.8) is 0 Å². The molecule has 0 saturated carbocycles. The van der Waals surface area contributed by atoms with Crippen LogP contribution < -0.4 is 9.47 Å². The molecule has 0 fully saturated rings. The van der Waals surface area contributed by atoms with Crippen molar-refractivity contribution in [1.29, 1.82) is 0 Å². The van der Waals surface area contributed by atoms with E-state index in [1.807, 2.05) is 0 Å². The number of ether oxygens (including phenoxy) is 2. The van der Waals surface area contributed by atoms with E-state index in [1.54, 1.807) is 0 Å². The molecule has 0 aromatic heterocycles. The van der Waals surface area contributed by atoms with Crippen LogP contribution in [-0.4, -0.2) is 11.9 Å². The van der Waals surface area contributed by atoms with Crippen molar-refractivity contribution in [3.8, 4) is 11.5 Å².